The monoisotopic (exact) mass is 384 g/mol. The molecule has 0 aliphatic carbocycles. The molecule has 1 N–H and O–H groups in total. The van der Waals surface area contributed by atoms with Crippen molar-refractivity contribution in [2.75, 3.05) is 27.3 Å². The predicted octanol–water partition coefficient (Wildman–Crippen LogP) is 1.94. The zero-order valence-electron chi connectivity index (χ0n) is 16.2. The fourth-order valence-corrected chi connectivity index (χ4v) is 2.38. The molecule has 0 bridgehead atoms. The molecule has 2 amide bonds. The van der Waals surface area contributed by atoms with Gasteiger partial charge >= 0.3 is 5.97 Å². The van der Waals surface area contributed by atoms with Crippen LogP contribution in [0.2, 0.25) is 0 Å². The Kier molecular flexibility index (Phi) is 7.56. The Morgan fingerprint density at radius 2 is 1.79 bits per heavy atom. The zero-order valence-corrected chi connectivity index (χ0v) is 16.2. The summed E-state index contributed by atoms with van der Waals surface area (Å²) < 4.78 is 10.00. The van der Waals surface area contributed by atoms with E-state index in [0.717, 1.165) is 11.1 Å². The number of rotatable bonds is 8. The third kappa shape index (κ3) is 6.42. The Hall–Kier alpha value is -3.35. The largest absolute Gasteiger partial charge is 0.497 e. The van der Waals surface area contributed by atoms with Crippen LogP contribution in [-0.4, -0.2) is 50.0 Å². The molecule has 7 nitrogen and oxygen atoms in total. The number of amides is 2. The first-order chi connectivity index (χ1) is 13.4. The molecule has 0 heterocycles. The van der Waals surface area contributed by atoms with E-state index in [0.29, 0.717) is 17.9 Å². The Labute approximate surface area is 164 Å². The summed E-state index contributed by atoms with van der Waals surface area (Å²) in [5, 5.41) is 2.45. The van der Waals surface area contributed by atoms with Crippen molar-refractivity contribution >= 4 is 17.8 Å². The second-order valence-electron chi connectivity index (χ2n) is 6.31. The molecule has 0 aliphatic rings. The summed E-state index contributed by atoms with van der Waals surface area (Å²) in [5.41, 5.74) is 2.49. The van der Waals surface area contributed by atoms with Gasteiger partial charge in [-0.2, -0.15) is 0 Å². The first-order valence-electron chi connectivity index (χ1n) is 8.76. The molecule has 0 radical (unpaired) electrons. The van der Waals surface area contributed by atoms with E-state index >= 15 is 0 Å². The molecule has 0 atom stereocenters. The summed E-state index contributed by atoms with van der Waals surface area (Å²) >= 11 is 0. The third-order valence-corrected chi connectivity index (χ3v) is 4.05. The fourth-order valence-electron chi connectivity index (χ4n) is 2.38. The maximum absolute atomic E-state index is 12.1. The van der Waals surface area contributed by atoms with Crippen LogP contribution in [0.4, 0.5) is 0 Å². The van der Waals surface area contributed by atoms with Gasteiger partial charge in [0.2, 0.25) is 0 Å². The number of nitrogens with one attached hydrogen (secondary N) is 1. The molecule has 0 aliphatic heterocycles. The molecule has 0 saturated carbocycles. The highest BCUT2D eigenvalue weighted by atomic mass is 16.5. The summed E-state index contributed by atoms with van der Waals surface area (Å²) in [6, 6.07) is 14.4. The van der Waals surface area contributed by atoms with Crippen LogP contribution < -0.4 is 10.1 Å². The summed E-state index contributed by atoms with van der Waals surface area (Å²) in [4.78, 5) is 37.4. The number of ether oxygens (including phenoxy) is 2. The highest BCUT2D eigenvalue weighted by molar-refractivity contribution is 5.96. The number of aryl methyl sites for hydroxylation is 1. The first kappa shape index (κ1) is 21.0. The lowest BCUT2D eigenvalue weighted by atomic mass is 10.1. The number of hydrogen-bond acceptors (Lipinski definition) is 5. The van der Waals surface area contributed by atoms with Crippen molar-refractivity contribution in [1.82, 2.24) is 10.2 Å². The van der Waals surface area contributed by atoms with Gasteiger partial charge < -0.3 is 19.7 Å². The number of benzene rings is 2. The van der Waals surface area contributed by atoms with Gasteiger partial charge in [-0.25, -0.2) is 0 Å². The maximum Gasteiger partial charge on any atom is 0.325 e. The zero-order chi connectivity index (χ0) is 20.5. The summed E-state index contributed by atoms with van der Waals surface area (Å²) in [6.07, 6.45) is 0. The number of carbonyl (C=O) groups excluding carboxylic acids is 3. The lowest BCUT2D eigenvalue weighted by Gasteiger charge is -2.17. The molecule has 2 aromatic carbocycles. The number of nitrogens with zero attached hydrogens (tertiary/aromatic N) is 1. The van der Waals surface area contributed by atoms with E-state index in [9.17, 15) is 14.4 Å². The molecular formula is C21H24N2O5. The van der Waals surface area contributed by atoms with Gasteiger partial charge in [0.25, 0.3) is 11.8 Å². The van der Waals surface area contributed by atoms with Crippen LogP contribution in [-0.2, 0) is 20.9 Å². The molecule has 0 spiro atoms. The molecule has 0 unspecified atom stereocenters. The van der Waals surface area contributed by atoms with E-state index in [-0.39, 0.29) is 19.1 Å². The molecule has 7 heteroatoms. The quantitative estimate of drug-likeness (QED) is 0.703. The van der Waals surface area contributed by atoms with Crippen molar-refractivity contribution < 1.29 is 23.9 Å². The van der Waals surface area contributed by atoms with Crippen molar-refractivity contribution in [1.29, 1.82) is 0 Å². The van der Waals surface area contributed by atoms with E-state index in [1.165, 1.54) is 12.0 Å². The molecule has 0 aromatic heterocycles. The highest BCUT2D eigenvalue weighted by Crippen LogP contribution is 2.12. The molecular weight excluding hydrogens is 360 g/mol. The summed E-state index contributed by atoms with van der Waals surface area (Å²) in [5.74, 6) is -0.905. The van der Waals surface area contributed by atoms with Crippen LogP contribution in [0.3, 0.4) is 0 Å². The van der Waals surface area contributed by atoms with Gasteiger partial charge in [-0.05, 0) is 30.7 Å². The molecule has 2 rings (SSSR count). The summed E-state index contributed by atoms with van der Waals surface area (Å²) in [6.45, 7) is 1.70. The fraction of sp³-hybridized carbons (Fsp3) is 0.286. The molecule has 28 heavy (non-hydrogen) atoms. The molecule has 0 saturated heterocycles. The van der Waals surface area contributed by atoms with E-state index in [4.69, 9.17) is 9.47 Å². The average molecular weight is 384 g/mol. The second-order valence-corrected chi connectivity index (χ2v) is 6.31. The van der Waals surface area contributed by atoms with Crippen molar-refractivity contribution in [2.24, 2.45) is 0 Å². The molecule has 148 valence electrons. The summed E-state index contributed by atoms with van der Waals surface area (Å²) in [7, 11) is 3.14. The standard InChI is InChI=1S/C21H24N2O5/c1-15-7-9-16(10-8-15)13-23(2)19(24)14-28-20(25)12-22-21(26)17-5-4-6-18(11-17)27-3/h4-11H,12-14H2,1-3H3,(H,22,26). The van der Waals surface area contributed by atoms with Crippen molar-refractivity contribution in [3.8, 4) is 5.75 Å². The maximum atomic E-state index is 12.1. The average Bonchev–Trinajstić information content (AvgIpc) is 2.71. The SMILES string of the molecule is COc1cccc(C(=O)NCC(=O)OCC(=O)N(C)Cc2ccc(C)cc2)c1. The number of esters is 1. The highest BCUT2D eigenvalue weighted by Gasteiger charge is 2.14. The van der Waals surface area contributed by atoms with Crippen molar-refractivity contribution in [3.05, 3.63) is 65.2 Å². The van der Waals surface area contributed by atoms with Gasteiger partial charge in [0, 0.05) is 19.2 Å². The van der Waals surface area contributed by atoms with Gasteiger partial charge in [-0.1, -0.05) is 35.9 Å². The van der Waals surface area contributed by atoms with Crippen molar-refractivity contribution in [3.63, 3.8) is 0 Å². The Morgan fingerprint density at radius 3 is 2.46 bits per heavy atom. The van der Waals surface area contributed by atoms with Gasteiger partial charge in [-0.15, -0.1) is 0 Å². The van der Waals surface area contributed by atoms with Crippen LogP contribution in [0.25, 0.3) is 0 Å². The Morgan fingerprint density at radius 1 is 1.07 bits per heavy atom. The van der Waals surface area contributed by atoms with Crippen LogP contribution in [0.5, 0.6) is 5.75 Å². The van der Waals surface area contributed by atoms with Crippen LogP contribution >= 0.6 is 0 Å². The Bertz CT molecular complexity index is 833. The van der Waals surface area contributed by atoms with E-state index < -0.39 is 11.9 Å². The third-order valence-electron chi connectivity index (χ3n) is 4.05. The van der Waals surface area contributed by atoms with Gasteiger partial charge in [0.05, 0.1) is 7.11 Å². The van der Waals surface area contributed by atoms with Crippen LogP contribution in [0, 0.1) is 6.92 Å². The predicted molar refractivity (Wildman–Crippen MR) is 104 cm³/mol. The Balaban J connectivity index is 1.74. The molecule has 0 fully saturated rings. The van der Waals surface area contributed by atoms with E-state index in [1.54, 1.807) is 31.3 Å². The smallest absolute Gasteiger partial charge is 0.325 e. The van der Waals surface area contributed by atoms with Gasteiger partial charge in [0.15, 0.2) is 6.61 Å². The topological polar surface area (TPSA) is 84.9 Å². The van der Waals surface area contributed by atoms with Crippen LogP contribution in [0.15, 0.2) is 48.5 Å². The number of methoxy groups -OCH3 is 1. The van der Waals surface area contributed by atoms with E-state index in [1.807, 2.05) is 31.2 Å². The first-order valence-corrected chi connectivity index (χ1v) is 8.76. The number of likely N-dealkylation sites (N-methyl/N-ethyl adjacent to an activating group) is 1. The van der Waals surface area contributed by atoms with Crippen LogP contribution in [0.1, 0.15) is 21.5 Å². The van der Waals surface area contributed by atoms with E-state index in [2.05, 4.69) is 5.32 Å². The van der Waals surface area contributed by atoms with Crippen molar-refractivity contribution in [2.45, 2.75) is 13.5 Å². The van der Waals surface area contributed by atoms with Gasteiger partial charge in [0.1, 0.15) is 12.3 Å². The lowest BCUT2D eigenvalue weighted by Crippen LogP contribution is -2.34. The lowest BCUT2D eigenvalue weighted by molar-refractivity contribution is -0.150. The minimum absolute atomic E-state index is 0.326. The number of carbonyl (C=O) groups is 3. The molecule has 2 aromatic rings. The normalized spacial score (nSPS) is 10.1. The minimum atomic E-state index is -0.687. The number of hydrogen-bond donors (Lipinski definition) is 1. The minimum Gasteiger partial charge on any atom is -0.497 e. The van der Waals surface area contributed by atoms with Gasteiger partial charge in [-0.3, -0.25) is 14.4 Å². The second kappa shape index (κ2) is 10.1.